The molecule has 5 rings (SSSR count). The Balaban J connectivity index is 1.32. The van der Waals surface area contributed by atoms with Crippen molar-refractivity contribution in [2.75, 3.05) is 5.73 Å². The van der Waals surface area contributed by atoms with Crippen molar-refractivity contribution in [2.45, 2.75) is 88.7 Å². The zero-order chi connectivity index (χ0) is 29.1. The first kappa shape index (κ1) is 29.4. The van der Waals surface area contributed by atoms with E-state index in [2.05, 4.69) is 20.0 Å². The smallest absolute Gasteiger partial charge is 0.459 e. The number of anilines is 1. The molecule has 2 aromatic heterocycles. The third-order valence-corrected chi connectivity index (χ3v) is 8.98. The normalized spacial score (nSPS) is 26.3. The number of esters is 1. The molecule has 3 heterocycles. The summed E-state index contributed by atoms with van der Waals surface area (Å²) in [6.07, 6.45) is 0.910. The second-order valence-electron chi connectivity index (χ2n) is 10.3. The lowest BCUT2D eigenvalue weighted by Gasteiger charge is -2.29. The number of benzene rings is 1. The SMILES string of the molecule is CC(NP(=O)(Oc1ccccc1)OC(C)[C@H]1O[C@@H](n2cnc3c(N)ncnc32)[C@H](O)[C@@H]1O)C(=O)OC1CCCCC1. The molecular formula is C26H35N6O8P. The van der Waals surface area contributed by atoms with Gasteiger partial charge in [0.15, 0.2) is 17.7 Å². The molecule has 1 aliphatic heterocycles. The summed E-state index contributed by atoms with van der Waals surface area (Å²) in [5.41, 5.74) is 6.48. The molecular weight excluding hydrogens is 555 g/mol. The number of aliphatic hydroxyl groups excluding tert-OH is 2. The number of para-hydroxylation sites is 1. The highest BCUT2D eigenvalue weighted by Gasteiger charge is 2.49. The molecule has 1 saturated carbocycles. The highest BCUT2D eigenvalue weighted by Crippen LogP contribution is 2.48. The van der Waals surface area contributed by atoms with Crippen LogP contribution in [0, 0.1) is 0 Å². The molecule has 1 aromatic carbocycles. The minimum atomic E-state index is -4.26. The van der Waals surface area contributed by atoms with Crippen molar-refractivity contribution in [1.82, 2.24) is 24.6 Å². The van der Waals surface area contributed by atoms with Crippen LogP contribution in [0.5, 0.6) is 5.75 Å². The Bertz CT molecular complexity index is 1390. The number of aliphatic hydroxyl groups is 2. The van der Waals surface area contributed by atoms with Gasteiger partial charge in [-0.15, -0.1) is 0 Å². The second-order valence-corrected chi connectivity index (χ2v) is 12.0. The summed E-state index contributed by atoms with van der Waals surface area (Å²) in [4.78, 5) is 25.1. The van der Waals surface area contributed by atoms with Crippen molar-refractivity contribution in [2.24, 2.45) is 0 Å². The summed E-state index contributed by atoms with van der Waals surface area (Å²) in [5, 5.41) is 24.4. The molecule has 5 N–H and O–H groups in total. The molecule has 2 fully saturated rings. The van der Waals surface area contributed by atoms with Crippen LogP contribution in [-0.2, 0) is 23.4 Å². The third kappa shape index (κ3) is 6.53. The number of nitrogens with two attached hydrogens (primary N) is 1. The number of aromatic nitrogens is 4. The van der Waals surface area contributed by atoms with E-state index in [4.69, 9.17) is 24.3 Å². The Kier molecular flexibility index (Phi) is 8.88. The van der Waals surface area contributed by atoms with Crippen LogP contribution < -0.4 is 15.3 Å². The molecule has 7 atom stereocenters. The van der Waals surface area contributed by atoms with Crippen LogP contribution in [0.2, 0.25) is 0 Å². The number of carbonyl (C=O) groups excluding carboxylic acids is 1. The van der Waals surface area contributed by atoms with Gasteiger partial charge in [-0.05, 0) is 51.7 Å². The van der Waals surface area contributed by atoms with E-state index in [0.29, 0.717) is 11.2 Å². The average molecular weight is 591 g/mol. The van der Waals surface area contributed by atoms with Gasteiger partial charge in [0, 0.05) is 0 Å². The Morgan fingerprint density at radius 2 is 1.85 bits per heavy atom. The molecule has 0 radical (unpaired) electrons. The number of ether oxygens (including phenoxy) is 2. The fourth-order valence-electron chi connectivity index (χ4n) is 5.08. The molecule has 14 nitrogen and oxygen atoms in total. The predicted octanol–water partition coefficient (Wildman–Crippen LogP) is 2.47. The number of nitrogen functional groups attached to an aromatic ring is 1. The zero-order valence-electron chi connectivity index (χ0n) is 22.8. The first-order valence-electron chi connectivity index (χ1n) is 13.6. The van der Waals surface area contributed by atoms with Crippen molar-refractivity contribution < 1.29 is 38.1 Å². The van der Waals surface area contributed by atoms with Gasteiger partial charge in [-0.3, -0.25) is 13.9 Å². The van der Waals surface area contributed by atoms with Crippen molar-refractivity contribution in [3.05, 3.63) is 43.0 Å². The minimum absolute atomic E-state index is 0.149. The molecule has 222 valence electrons. The van der Waals surface area contributed by atoms with Crippen LogP contribution >= 0.6 is 7.75 Å². The Hall–Kier alpha value is -3.13. The maximum atomic E-state index is 14.1. The second kappa shape index (κ2) is 12.4. The Morgan fingerprint density at radius 3 is 2.59 bits per heavy atom. The highest BCUT2D eigenvalue weighted by atomic mass is 31.2. The average Bonchev–Trinajstić information content (AvgIpc) is 3.51. The first-order chi connectivity index (χ1) is 19.6. The van der Waals surface area contributed by atoms with Crippen molar-refractivity contribution in [3.8, 4) is 5.75 Å². The van der Waals surface area contributed by atoms with E-state index < -0.39 is 50.4 Å². The number of imidazole rings is 1. The predicted molar refractivity (Wildman–Crippen MR) is 146 cm³/mol. The summed E-state index contributed by atoms with van der Waals surface area (Å²) in [5.74, 6) is -0.196. The molecule has 0 amide bonds. The number of carbonyl (C=O) groups is 1. The van der Waals surface area contributed by atoms with Crippen molar-refractivity contribution in [1.29, 1.82) is 0 Å². The van der Waals surface area contributed by atoms with Crippen LogP contribution in [0.15, 0.2) is 43.0 Å². The first-order valence-corrected chi connectivity index (χ1v) is 15.2. The summed E-state index contributed by atoms with van der Waals surface area (Å²) in [7, 11) is -4.26. The molecule has 15 heteroatoms. The monoisotopic (exact) mass is 590 g/mol. The van der Waals surface area contributed by atoms with E-state index in [-0.39, 0.29) is 17.7 Å². The number of nitrogens with one attached hydrogen (secondary N) is 1. The van der Waals surface area contributed by atoms with Gasteiger partial charge < -0.3 is 29.9 Å². The fourth-order valence-corrected chi connectivity index (χ4v) is 6.77. The number of hydrogen-bond donors (Lipinski definition) is 4. The van der Waals surface area contributed by atoms with Crippen LogP contribution in [0.4, 0.5) is 5.82 Å². The van der Waals surface area contributed by atoms with E-state index in [1.165, 1.54) is 31.1 Å². The molecule has 2 aliphatic rings. The van der Waals surface area contributed by atoms with Crippen LogP contribution in [0.25, 0.3) is 11.2 Å². The van der Waals surface area contributed by atoms with Gasteiger partial charge in [0.2, 0.25) is 0 Å². The lowest BCUT2D eigenvalue weighted by atomic mass is 9.98. The number of rotatable bonds is 10. The zero-order valence-corrected chi connectivity index (χ0v) is 23.7. The van der Waals surface area contributed by atoms with Gasteiger partial charge in [0.25, 0.3) is 0 Å². The van der Waals surface area contributed by atoms with Gasteiger partial charge in [-0.25, -0.2) is 19.5 Å². The Labute approximate surface area is 236 Å². The minimum Gasteiger partial charge on any atom is -0.461 e. The Morgan fingerprint density at radius 1 is 1.12 bits per heavy atom. The maximum absolute atomic E-state index is 14.1. The van der Waals surface area contributed by atoms with Gasteiger partial charge in [-0.2, -0.15) is 5.09 Å². The molecule has 3 unspecified atom stereocenters. The van der Waals surface area contributed by atoms with Crippen LogP contribution in [0.3, 0.4) is 0 Å². The van der Waals surface area contributed by atoms with E-state index in [9.17, 15) is 19.6 Å². The lowest BCUT2D eigenvalue weighted by molar-refractivity contribution is -0.152. The summed E-state index contributed by atoms with van der Waals surface area (Å²) in [6, 6.07) is 7.30. The quantitative estimate of drug-likeness (QED) is 0.199. The van der Waals surface area contributed by atoms with E-state index >= 15 is 0 Å². The van der Waals surface area contributed by atoms with Gasteiger partial charge in [0.1, 0.15) is 48.1 Å². The topological polar surface area (TPSA) is 193 Å². The van der Waals surface area contributed by atoms with Crippen LogP contribution in [-0.4, -0.2) is 72.3 Å². The molecule has 1 aliphatic carbocycles. The van der Waals surface area contributed by atoms with Crippen molar-refractivity contribution >= 4 is 30.7 Å². The number of hydrogen-bond acceptors (Lipinski definition) is 12. The van der Waals surface area contributed by atoms with E-state index in [1.54, 1.807) is 30.3 Å². The summed E-state index contributed by atoms with van der Waals surface area (Å²) < 4.78 is 38.7. The summed E-state index contributed by atoms with van der Waals surface area (Å²) >= 11 is 0. The molecule has 3 aromatic rings. The van der Waals surface area contributed by atoms with Crippen molar-refractivity contribution in [3.63, 3.8) is 0 Å². The van der Waals surface area contributed by atoms with Gasteiger partial charge in [-0.1, -0.05) is 24.6 Å². The number of fused-ring (bicyclic) bond motifs is 1. The van der Waals surface area contributed by atoms with Gasteiger partial charge in [0.05, 0.1) is 12.4 Å². The van der Waals surface area contributed by atoms with Crippen LogP contribution in [0.1, 0.15) is 52.2 Å². The highest BCUT2D eigenvalue weighted by molar-refractivity contribution is 7.52. The summed E-state index contributed by atoms with van der Waals surface area (Å²) in [6.45, 7) is 3.03. The molecule has 41 heavy (non-hydrogen) atoms. The van der Waals surface area contributed by atoms with E-state index in [0.717, 1.165) is 32.1 Å². The third-order valence-electron chi connectivity index (χ3n) is 7.21. The molecule has 0 bridgehead atoms. The lowest BCUT2D eigenvalue weighted by Crippen LogP contribution is -2.41. The van der Waals surface area contributed by atoms with E-state index in [1.807, 2.05) is 0 Å². The molecule has 1 saturated heterocycles. The largest absolute Gasteiger partial charge is 0.461 e. The fraction of sp³-hybridized carbons (Fsp3) is 0.538. The molecule has 0 spiro atoms. The standard InChI is InChI=1S/C26H35N6O8P/c1-15(26(35)37-17-9-5-3-6-10-17)31-41(36,40-18-11-7-4-8-12-18)39-16(2)22-20(33)21(34)25(38-22)32-14-30-19-23(27)28-13-29-24(19)32/h4,7-8,11-17,20-22,25,33-34H,3,5-6,9-10H2,1-2H3,(H,31,36)(H2,27,28,29)/t15?,16?,20-,21+,22+,25+,41?/m0/s1. The maximum Gasteiger partial charge on any atom is 0.459 e. The van der Waals surface area contributed by atoms with Gasteiger partial charge >= 0.3 is 13.7 Å². The number of nitrogens with zero attached hydrogens (tertiary/aromatic N) is 4.